The van der Waals surface area contributed by atoms with E-state index in [1.807, 2.05) is 25.5 Å². The molecule has 1 rings (SSSR count). The Morgan fingerprint density at radius 3 is 3.08 bits per heavy atom. The number of rotatable bonds is 4. The van der Waals surface area contributed by atoms with Crippen LogP contribution >= 0.6 is 0 Å². The van der Waals surface area contributed by atoms with Crippen LogP contribution in [0.3, 0.4) is 0 Å². The molecule has 0 aromatic carbocycles. The molecule has 0 aliphatic heterocycles. The minimum atomic E-state index is -0.230. The summed E-state index contributed by atoms with van der Waals surface area (Å²) < 4.78 is 6.35. The standard InChI is InChI=1S/C9H14N2O2/c1-10-5-8-3-4-11(6-8)7-9(12)13-2/h3-4,6,10H,5,7H2,1-2H3. The summed E-state index contributed by atoms with van der Waals surface area (Å²) in [6.45, 7) is 1.09. The topological polar surface area (TPSA) is 43.3 Å². The molecule has 0 saturated carbocycles. The molecule has 0 radical (unpaired) electrons. The lowest BCUT2D eigenvalue weighted by atomic mass is 10.3. The minimum Gasteiger partial charge on any atom is -0.468 e. The lowest BCUT2D eigenvalue weighted by Crippen LogP contribution is -2.10. The van der Waals surface area contributed by atoms with E-state index in [-0.39, 0.29) is 12.5 Å². The highest BCUT2D eigenvalue weighted by Crippen LogP contribution is 2.00. The van der Waals surface area contributed by atoms with Gasteiger partial charge >= 0.3 is 5.97 Å². The highest BCUT2D eigenvalue weighted by Gasteiger charge is 2.01. The van der Waals surface area contributed by atoms with Gasteiger partial charge in [0, 0.05) is 18.9 Å². The first kappa shape index (κ1) is 9.80. The van der Waals surface area contributed by atoms with E-state index in [2.05, 4.69) is 10.1 Å². The average molecular weight is 182 g/mol. The van der Waals surface area contributed by atoms with Crippen LogP contribution in [0.5, 0.6) is 0 Å². The van der Waals surface area contributed by atoms with Crippen molar-refractivity contribution in [3.8, 4) is 0 Å². The van der Waals surface area contributed by atoms with Gasteiger partial charge in [-0.2, -0.15) is 0 Å². The Morgan fingerprint density at radius 1 is 1.69 bits per heavy atom. The first-order chi connectivity index (χ1) is 6.26. The van der Waals surface area contributed by atoms with Crippen molar-refractivity contribution < 1.29 is 9.53 Å². The van der Waals surface area contributed by atoms with E-state index < -0.39 is 0 Å². The fraction of sp³-hybridized carbons (Fsp3) is 0.444. The maximum absolute atomic E-state index is 10.9. The van der Waals surface area contributed by atoms with E-state index in [0.29, 0.717) is 0 Å². The molecule has 1 heterocycles. The Hall–Kier alpha value is -1.29. The van der Waals surface area contributed by atoms with Gasteiger partial charge < -0.3 is 14.6 Å². The molecule has 1 aromatic heterocycles. The number of hydrogen-bond acceptors (Lipinski definition) is 3. The Morgan fingerprint density at radius 2 is 2.46 bits per heavy atom. The van der Waals surface area contributed by atoms with E-state index >= 15 is 0 Å². The number of carbonyl (C=O) groups is 1. The third kappa shape index (κ3) is 2.91. The smallest absolute Gasteiger partial charge is 0.325 e. The van der Waals surface area contributed by atoms with Crippen molar-refractivity contribution in [1.82, 2.24) is 9.88 Å². The lowest BCUT2D eigenvalue weighted by molar-refractivity contribution is -0.141. The number of esters is 1. The largest absolute Gasteiger partial charge is 0.468 e. The second kappa shape index (κ2) is 4.67. The van der Waals surface area contributed by atoms with Gasteiger partial charge in [-0.25, -0.2) is 0 Å². The van der Waals surface area contributed by atoms with Gasteiger partial charge in [0.2, 0.25) is 0 Å². The lowest BCUT2D eigenvalue weighted by Gasteiger charge is -1.99. The van der Waals surface area contributed by atoms with Gasteiger partial charge in [0.25, 0.3) is 0 Å². The molecule has 1 aromatic rings. The molecule has 0 aliphatic rings. The van der Waals surface area contributed by atoms with Crippen LogP contribution in [0, 0.1) is 0 Å². The maximum atomic E-state index is 10.9. The fourth-order valence-corrected chi connectivity index (χ4v) is 1.11. The van der Waals surface area contributed by atoms with E-state index in [1.165, 1.54) is 7.11 Å². The predicted octanol–water partition coefficient (Wildman–Crippen LogP) is 0.380. The monoisotopic (exact) mass is 182 g/mol. The summed E-state index contributed by atoms with van der Waals surface area (Å²) in [5, 5.41) is 3.04. The predicted molar refractivity (Wildman–Crippen MR) is 49.2 cm³/mol. The van der Waals surface area contributed by atoms with Crippen molar-refractivity contribution in [1.29, 1.82) is 0 Å². The van der Waals surface area contributed by atoms with Crippen LogP contribution in [-0.2, 0) is 22.6 Å². The Bertz CT molecular complexity index is 281. The summed E-state index contributed by atoms with van der Waals surface area (Å²) in [5.74, 6) is -0.230. The molecule has 13 heavy (non-hydrogen) atoms. The zero-order valence-corrected chi connectivity index (χ0v) is 7.91. The molecule has 0 bridgehead atoms. The Labute approximate surface area is 77.5 Å². The van der Waals surface area contributed by atoms with Crippen molar-refractivity contribution in [2.24, 2.45) is 0 Å². The van der Waals surface area contributed by atoms with Crippen molar-refractivity contribution >= 4 is 5.97 Å². The Kier molecular flexibility index (Phi) is 3.52. The zero-order chi connectivity index (χ0) is 9.68. The van der Waals surface area contributed by atoms with E-state index in [0.717, 1.165) is 12.1 Å². The number of nitrogens with one attached hydrogen (secondary N) is 1. The number of carbonyl (C=O) groups excluding carboxylic acids is 1. The molecular weight excluding hydrogens is 168 g/mol. The maximum Gasteiger partial charge on any atom is 0.325 e. The summed E-state index contributed by atoms with van der Waals surface area (Å²) in [5.41, 5.74) is 1.16. The third-order valence-electron chi connectivity index (χ3n) is 1.73. The van der Waals surface area contributed by atoms with Gasteiger partial charge in [0.15, 0.2) is 0 Å². The molecular formula is C9H14N2O2. The van der Waals surface area contributed by atoms with E-state index in [9.17, 15) is 4.79 Å². The second-order valence-corrected chi connectivity index (χ2v) is 2.80. The summed E-state index contributed by atoms with van der Waals surface area (Å²) in [7, 11) is 3.28. The number of hydrogen-bond donors (Lipinski definition) is 1. The van der Waals surface area contributed by atoms with E-state index in [1.54, 1.807) is 4.57 Å². The highest BCUT2D eigenvalue weighted by atomic mass is 16.5. The minimum absolute atomic E-state index is 0.230. The molecule has 4 nitrogen and oxygen atoms in total. The summed E-state index contributed by atoms with van der Waals surface area (Å²) in [6.07, 6.45) is 3.79. The molecule has 0 aliphatic carbocycles. The summed E-state index contributed by atoms with van der Waals surface area (Å²) in [4.78, 5) is 10.9. The van der Waals surface area contributed by atoms with Crippen molar-refractivity contribution in [3.05, 3.63) is 24.0 Å². The van der Waals surface area contributed by atoms with Gasteiger partial charge in [-0.05, 0) is 18.7 Å². The zero-order valence-electron chi connectivity index (χ0n) is 7.91. The SMILES string of the molecule is CNCc1ccn(CC(=O)OC)c1. The molecule has 0 saturated heterocycles. The van der Waals surface area contributed by atoms with Crippen molar-refractivity contribution in [3.63, 3.8) is 0 Å². The molecule has 0 spiro atoms. The normalized spacial score (nSPS) is 10.0. The van der Waals surface area contributed by atoms with Crippen LogP contribution in [-0.4, -0.2) is 24.7 Å². The number of aromatic nitrogens is 1. The number of methoxy groups -OCH3 is 1. The van der Waals surface area contributed by atoms with Gasteiger partial charge in [0.1, 0.15) is 6.54 Å². The molecule has 0 amide bonds. The number of nitrogens with zero attached hydrogens (tertiary/aromatic N) is 1. The first-order valence-corrected chi connectivity index (χ1v) is 4.12. The van der Waals surface area contributed by atoms with Gasteiger partial charge in [-0.1, -0.05) is 0 Å². The van der Waals surface area contributed by atoms with Crippen molar-refractivity contribution in [2.75, 3.05) is 14.2 Å². The quantitative estimate of drug-likeness (QED) is 0.685. The van der Waals surface area contributed by atoms with Gasteiger partial charge in [0.05, 0.1) is 7.11 Å². The average Bonchev–Trinajstić information content (AvgIpc) is 2.53. The van der Waals surface area contributed by atoms with Crippen LogP contribution in [0.4, 0.5) is 0 Å². The highest BCUT2D eigenvalue weighted by molar-refractivity contribution is 5.68. The number of ether oxygens (including phenoxy) is 1. The van der Waals surface area contributed by atoms with Crippen LogP contribution in [0.25, 0.3) is 0 Å². The van der Waals surface area contributed by atoms with Gasteiger partial charge in [-0.3, -0.25) is 4.79 Å². The second-order valence-electron chi connectivity index (χ2n) is 2.80. The molecule has 0 unspecified atom stereocenters. The van der Waals surface area contributed by atoms with Crippen LogP contribution < -0.4 is 5.32 Å². The first-order valence-electron chi connectivity index (χ1n) is 4.12. The summed E-state index contributed by atoms with van der Waals surface area (Å²) >= 11 is 0. The fourth-order valence-electron chi connectivity index (χ4n) is 1.11. The Balaban J connectivity index is 2.53. The van der Waals surface area contributed by atoms with Crippen molar-refractivity contribution in [2.45, 2.75) is 13.1 Å². The summed E-state index contributed by atoms with van der Waals surface area (Å²) in [6, 6.07) is 1.97. The molecule has 0 fully saturated rings. The van der Waals surface area contributed by atoms with E-state index in [4.69, 9.17) is 0 Å². The molecule has 4 heteroatoms. The third-order valence-corrected chi connectivity index (χ3v) is 1.73. The van der Waals surface area contributed by atoms with Gasteiger partial charge in [-0.15, -0.1) is 0 Å². The molecule has 1 N–H and O–H groups in total. The van der Waals surface area contributed by atoms with Crippen LogP contribution in [0.1, 0.15) is 5.56 Å². The molecule has 0 atom stereocenters. The molecule has 72 valence electrons. The van der Waals surface area contributed by atoms with Crippen LogP contribution in [0.2, 0.25) is 0 Å². The van der Waals surface area contributed by atoms with Crippen LogP contribution in [0.15, 0.2) is 18.5 Å².